The molecule has 9 rings (SSSR count). The summed E-state index contributed by atoms with van der Waals surface area (Å²) in [5.41, 5.74) is 12.4. The fraction of sp³-hybridized carbons (Fsp3) is 0.545. The molecule has 0 radical (unpaired) electrons. The van der Waals surface area contributed by atoms with Crippen molar-refractivity contribution in [3.63, 3.8) is 0 Å². The first-order valence-corrected chi connectivity index (χ1v) is 30.0. The Bertz CT molecular complexity index is 2980. The fourth-order valence-electron chi connectivity index (χ4n) is 12.8. The molecule has 7 atom stereocenters. The molecule has 1 aromatic heterocycles. The number of carbonyl (C=O) groups is 3. The van der Waals surface area contributed by atoms with Crippen LogP contribution in [0.2, 0.25) is 0 Å². The van der Waals surface area contributed by atoms with E-state index in [1.165, 1.54) is 22.3 Å². The second kappa shape index (κ2) is 28.3. The summed E-state index contributed by atoms with van der Waals surface area (Å²) in [6.07, 6.45) is 7.42. The number of amides is 2. The summed E-state index contributed by atoms with van der Waals surface area (Å²) in [6.45, 7) is 27.0. The number of aryl methyl sites for hydroxylation is 2. The largest absolute Gasteiger partial charge is 0.491 e. The zero-order valence-electron chi connectivity index (χ0n) is 49.8. The fourth-order valence-corrected chi connectivity index (χ4v) is 12.8. The van der Waals surface area contributed by atoms with Crippen LogP contribution in [0.5, 0.6) is 5.75 Å². The molecule has 82 heavy (non-hydrogen) atoms. The number of likely N-dealkylation sites (tertiary alicyclic amines) is 1. The third kappa shape index (κ3) is 14.4. The highest BCUT2D eigenvalue weighted by Gasteiger charge is 2.46. The van der Waals surface area contributed by atoms with Crippen molar-refractivity contribution >= 4 is 35.1 Å². The lowest BCUT2D eigenvalue weighted by atomic mass is 9.85. The first-order valence-electron chi connectivity index (χ1n) is 30.0. The molecule has 4 aromatic rings. The van der Waals surface area contributed by atoms with E-state index in [0.717, 1.165) is 76.6 Å². The van der Waals surface area contributed by atoms with Crippen molar-refractivity contribution in [3.8, 4) is 5.75 Å². The van der Waals surface area contributed by atoms with Gasteiger partial charge in [-0.15, -0.1) is 10.2 Å². The minimum Gasteiger partial charge on any atom is -0.491 e. The smallest absolute Gasteiger partial charge is 0.246 e. The van der Waals surface area contributed by atoms with Crippen molar-refractivity contribution in [2.24, 2.45) is 22.7 Å². The van der Waals surface area contributed by atoms with Gasteiger partial charge in [0.05, 0.1) is 39.1 Å². The normalized spacial score (nSPS) is 21.6. The van der Waals surface area contributed by atoms with E-state index in [4.69, 9.17) is 23.7 Å². The SMILES string of the molecule is C=C1c2ccccc2CN1[C@H](C(=O)N1CC(C)C[C@H]1C(=O)NCc1ccc(C2=C(C)N=CC2)cc1OCCOCCOCCCCOCCOCCCC(=O)CC1NC(c2ccc(C)cc2)C2C(C)=C(C)CC2n2c(C)nnc21)C(C)C. The summed E-state index contributed by atoms with van der Waals surface area (Å²) in [6, 6.07) is 22.1. The van der Waals surface area contributed by atoms with E-state index in [9.17, 15) is 14.4 Å². The summed E-state index contributed by atoms with van der Waals surface area (Å²) in [7, 11) is 0. The van der Waals surface area contributed by atoms with Gasteiger partial charge in [0.1, 0.15) is 36.0 Å². The van der Waals surface area contributed by atoms with Gasteiger partial charge in [-0.05, 0) is 107 Å². The predicted molar refractivity (Wildman–Crippen MR) is 320 cm³/mol. The van der Waals surface area contributed by atoms with E-state index >= 15 is 0 Å². The number of fused-ring (bicyclic) bond motifs is 4. The maximum absolute atomic E-state index is 14.5. The summed E-state index contributed by atoms with van der Waals surface area (Å²) in [5, 5.41) is 16.2. The molecule has 2 N–H and O–H groups in total. The van der Waals surface area contributed by atoms with E-state index in [1.54, 1.807) is 4.90 Å². The van der Waals surface area contributed by atoms with E-state index in [0.29, 0.717) is 104 Å². The number of carbonyl (C=O) groups excluding carboxylic acids is 3. The van der Waals surface area contributed by atoms with Crippen molar-refractivity contribution in [1.29, 1.82) is 0 Å². The molecule has 3 aromatic carbocycles. The van der Waals surface area contributed by atoms with Crippen molar-refractivity contribution in [1.82, 2.24) is 35.2 Å². The second-order valence-electron chi connectivity index (χ2n) is 23.6. The van der Waals surface area contributed by atoms with Crippen molar-refractivity contribution in [2.75, 3.05) is 66.0 Å². The highest BCUT2D eigenvalue weighted by Crippen LogP contribution is 2.50. The third-order valence-electron chi connectivity index (χ3n) is 17.3. The lowest BCUT2D eigenvalue weighted by molar-refractivity contribution is -0.143. The molecule has 16 nitrogen and oxygen atoms in total. The molecule has 1 saturated heterocycles. The predicted octanol–water partition coefficient (Wildman–Crippen LogP) is 10.4. The van der Waals surface area contributed by atoms with Crippen molar-refractivity contribution in [2.45, 2.75) is 150 Å². The van der Waals surface area contributed by atoms with Crippen LogP contribution in [0.3, 0.4) is 0 Å². The standard InChI is InChI=1S/C66H88N8O8/c1-42(2)63(72-41-53-15-10-11-17-56(53)48(72)8)66(77)73-40-44(4)35-59(73)65(76)68-39-52-23-22-51(55-24-25-67-47(55)7)37-60(52)82-34-33-81-32-31-79-27-13-12-26-78-29-30-80-28-14-16-54(75)38-57-64-71-70-49(9)74(64)58-36-45(5)46(6)61(58)62(69-57)50-20-18-43(3)19-21-50/h10-11,15,17-23,25,37,42,44,57-59,61-63,69H,8,12-14,16,24,26-36,38-41H2,1-7,9H3,(H,68,76)/t44?,57?,58?,59-,61?,62?,63-/m0/s1. The summed E-state index contributed by atoms with van der Waals surface area (Å²) < 4.78 is 32.1. The molecule has 440 valence electrons. The number of allylic oxidation sites excluding steroid dienone is 3. The topological polar surface area (TPSA) is 171 Å². The van der Waals surface area contributed by atoms with Crippen LogP contribution in [0.1, 0.15) is 156 Å². The number of hydrogen-bond acceptors (Lipinski definition) is 13. The minimum atomic E-state index is -0.574. The molecule has 1 aliphatic carbocycles. The monoisotopic (exact) mass is 1120 g/mol. The molecule has 2 amide bonds. The highest BCUT2D eigenvalue weighted by molar-refractivity contribution is 5.92. The van der Waals surface area contributed by atoms with Gasteiger partial charge in [0.15, 0.2) is 5.82 Å². The molecule has 4 aliphatic heterocycles. The lowest BCUT2D eigenvalue weighted by Gasteiger charge is -2.36. The number of nitrogens with one attached hydrogen (secondary N) is 2. The molecule has 5 aliphatic rings. The molecular weight excluding hydrogens is 1030 g/mol. The van der Waals surface area contributed by atoms with Crippen LogP contribution in [0, 0.1) is 31.6 Å². The average molecular weight is 1120 g/mol. The van der Waals surface area contributed by atoms with E-state index < -0.39 is 12.1 Å². The highest BCUT2D eigenvalue weighted by atomic mass is 16.5. The number of benzene rings is 3. The second-order valence-corrected chi connectivity index (χ2v) is 23.6. The van der Waals surface area contributed by atoms with Gasteiger partial charge in [-0.2, -0.15) is 0 Å². The van der Waals surface area contributed by atoms with Gasteiger partial charge in [0.25, 0.3) is 0 Å². The van der Waals surface area contributed by atoms with Gasteiger partial charge < -0.3 is 43.4 Å². The average Bonchev–Trinajstić information content (AvgIpc) is 4.38. The van der Waals surface area contributed by atoms with Gasteiger partial charge in [-0.3, -0.25) is 24.7 Å². The minimum absolute atomic E-state index is 0.0142. The first kappa shape index (κ1) is 60.3. The Labute approximate surface area is 486 Å². The quantitative estimate of drug-likeness (QED) is 0.0390. The number of aliphatic imine (C=N–C) groups is 1. The summed E-state index contributed by atoms with van der Waals surface area (Å²) >= 11 is 0. The van der Waals surface area contributed by atoms with Crippen LogP contribution in [-0.2, 0) is 46.4 Å². The van der Waals surface area contributed by atoms with E-state index in [-0.39, 0.29) is 60.0 Å². The molecule has 5 heterocycles. The zero-order valence-corrected chi connectivity index (χ0v) is 49.8. The van der Waals surface area contributed by atoms with E-state index in [2.05, 4.69) is 126 Å². The number of nitrogens with zero attached hydrogens (tertiary/aromatic N) is 6. The van der Waals surface area contributed by atoms with Gasteiger partial charge in [0.2, 0.25) is 11.8 Å². The molecule has 1 fully saturated rings. The zero-order chi connectivity index (χ0) is 57.9. The maximum atomic E-state index is 14.5. The van der Waals surface area contributed by atoms with Crippen LogP contribution in [-0.4, -0.2) is 126 Å². The number of hydrogen-bond donors (Lipinski definition) is 2. The van der Waals surface area contributed by atoms with Gasteiger partial charge in [-0.25, -0.2) is 0 Å². The Kier molecular flexibility index (Phi) is 20.8. The summed E-state index contributed by atoms with van der Waals surface area (Å²) in [4.78, 5) is 50.5. The summed E-state index contributed by atoms with van der Waals surface area (Å²) in [5.74, 6) is 2.86. The Morgan fingerprint density at radius 1 is 0.829 bits per heavy atom. The number of ether oxygens (including phenoxy) is 5. The number of ketones is 1. The van der Waals surface area contributed by atoms with Crippen LogP contribution < -0.4 is 15.4 Å². The van der Waals surface area contributed by atoms with Crippen LogP contribution in [0.4, 0.5) is 0 Å². The third-order valence-corrected chi connectivity index (χ3v) is 17.3. The molecule has 0 spiro atoms. The number of unbranched alkanes of at least 4 members (excludes halogenated alkanes) is 1. The van der Waals surface area contributed by atoms with Gasteiger partial charge >= 0.3 is 0 Å². The van der Waals surface area contributed by atoms with Gasteiger partial charge in [-0.1, -0.05) is 105 Å². The van der Waals surface area contributed by atoms with Crippen molar-refractivity contribution in [3.05, 3.63) is 135 Å². The van der Waals surface area contributed by atoms with Crippen LogP contribution in [0.15, 0.2) is 95.1 Å². The molecular formula is C66H88N8O8. The Morgan fingerprint density at radius 2 is 1.52 bits per heavy atom. The Balaban J connectivity index is 0.637. The Hall–Kier alpha value is -6.30. The molecule has 16 heteroatoms. The van der Waals surface area contributed by atoms with Crippen molar-refractivity contribution < 1.29 is 38.1 Å². The molecule has 5 unspecified atom stereocenters. The maximum Gasteiger partial charge on any atom is 0.246 e. The Morgan fingerprint density at radius 3 is 2.22 bits per heavy atom. The lowest BCUT2D eigenvalue weighted by Crippen LogP contribution is -2.54. The van der Waals surface area contributed by atoms with Gasteiger partial charge in [0, 0.05) is 105 Å². The number of Topliss-reactive ketones (excluding diaryl/α,β-unsaturated/α-hetero) is 1. The van der Waals surface area contributed by atoms with Crippen LogP contribution in [0.25, 0.3) is 11.3 Å². The molecule has 0 saturated carbocycles. The number of rotatable bonds is 29. The van der Waals surface area contributed by atoms with E-state index in [1.807, 2.05) is 44.3 Å². The first-order chi connectivity index (χ1) is 39.7. The van der Waals surface area contributed by atoms with Crippen LogP contribution >= 0.6 is 0 Å². The molecule has 0 bridgehead atoms. The number of aromatic nitrogens is 3.